The Morgan fingerprint density at radius 1 is 1.22 bits per heavy atom. The molecule has 2 aliphatic rings. The van der Waals surface area contributed by atoms with Crippen LogP contribution in [0.5, 0.6) is 0 Å². The molecule has 2 atom stereocenters. The van der Waals surface area contributed by atoms with E-state index < -0.39 is 15.8 Å². The molecule has 0 unspecified atom stereocenters. The zero-order chi connectivity index (χ0) is 19.6. The maximum atomic E-state index is 12.1. The van der Waals surface area contributed by atoms with Gasteiger partial charge in [-0.15, -0.1) is 0 Å². The number of carboxylic acid groups (broad SMARTS) is 1. The summed E-state index contributed by atoms with van der Waals surface area (Å²) in [6.45, 7) is 2.49. The van der Waals surface area contributed by atoms with Crippen molar-refractivity contribution < 1.29 is 23.1 Å². The molecule has 7 nitrogen and oxygen atoms in total. The third-order valence-electron chi connectivity index (χ3n) is 4.65. The molecule has 0 saturated carbocycles. The predicted octanol–water partition coefficient (Wildman–Crippen LogP) is 1.85. The molecule has 0 aromatic heterocycles. The Bertz CT molecular complexity index is 864. The molecule has 2 heterocycles. The van der Waals surface area contributed by atoms with E-state index in [1.807, 2.05) is 36.1 Å². The van der Waals surface area contributed by atoms with Crippen molar-refractivity contribution in [2.24, 2.45) is 4.99 Å². The van der Waals surface area contributed by atoms with Gasteiger partial charge < -0.3 is 10.0 Å². The summed E-state index contributed by atoms with van der Waals surface area (Å²) in [4.78, 5) is 28.8. The molecule has 1 aromatic carbocycles. The van der Waals surface area contributed by atoms with Gasteiger partial charge in [0.2, 0.25) is 5.91 Å². The Morgan fingerprint density at radius 3 is 2.59 bits per heavy atom. The number of amidine groups is 1. The summed E-state index contributed by atoms with van der Waals surface area (Å²) < 4.78 is 24.0. The highest BCUT2D eigenvalue weighted by atomic mass is 32.2. The van der Waals surface area contributed by atoms with Crippen LogP contribution in [0.25, 0.3) is 0 Å². The maximum absolute atomic E-state index is 12.1. The number of aliphatic imine (C=N–C) groups is 1. The van der Waals surface area contributed by atoms with Crippen LogP contribution in [0, 0.1) is 6.92 Å². The van der Waals surface area contributed by atoms with Gasteiger partial charge in [0, 0.05) is 24.6 Å². The largest absolute Gasteiger partial charge is 0.481 e. The van der Waals surface area contributed by atoms with Crippen molar-refractivity contribution in [3.63, 3.8) is 0 Å². The number of sulfone groups is 1. The molecule has 1 amide bonds. The van der Waals surface area contributed by atoms with Gasteiger partial charge in [-0.25, -0.2) is 8.42 Å². The van der Waals surface area contributed by atoms with Crippen molar-refractivity contribution in [3.8, 4) is 0 Å². The van der Waals surface area contributed by atoms with Crippen molar-refractivity contribution in [2.75, 3.05) is 11.5 Å². The fourth-order valence-electron chi connectivity index (χ4n) is 3.26. The molecule has 146 valence electrons. The summed E-state index contributed by atoms with van der Waals surface area (Å²) in [6, 6.07) is 7.78. The van der Waals surface area contributed by atoms with Gasteiger partial charge in [0.05, 0.1) is 17.5 Å². The van der Waals surface area contributed by atoms with Crippen LogP contribution in [0.1, 0.15) is 30.4 Å². The predicted molar refractivity (Wildman–Crippen MR) is 104 cm³/mol. The second kappa shape index (κ2) is 8.02. The van der Waals surface area contributed by atoms with Crippen molar-refractivity contribution in [1.29, 1.82) is 0 Å². The number of aliphatic carboxylic acids is 1. The van der Waals surface area contributed by atoms with Crippen molar-refractivity contribution in [3.05, 3.63) is 35.4 Å². The summed E-state index contributed by atoms with van der Waals surface area (Å²) in [5.74, 6) is -1.14. The van der Waals surface area contributed by atoms with Gasteiger partial charge in [0.15, 0.2) is 15.0 Å². The van der Waals surface area contributed by atoms with Crippen molar-refractivity contribution in [2.45, 2.75) is 44.0 Å². The van der Waals surface area contributed by atoms with E-state index in [9.17, 15) is 18.0 Å². The fourth-order valence-corrected chi connectivity index (χ4v) is 7.23. The topological polar surface area (TPSA) is 104 Å². The molecule has 27 heavy (non-hydrogen) atoms. The summed E-state index contributed by atoms with van der Waals surface area (Å²) in [7, 11) is -3.08. The molecule has 0 aliphatic carbocycles. The number of benzene rings is 1. The third-order valence-corrected chi connectivity index (χ3v) is 7.90. The number of aryl methyl sites for hydroxylation is 1. The zero-order valence-electron chi connectivity index (χ0n) is 15.0. The molecule has 2 aliphatic heterocycles. The van der Waals surface area contributed by atoms with Crippen LogP contribution < -0.4 is 0 Å². The molecule has 1 aromatic rings. The van der Waals surface area contributed by atoms with Gasteiger partial charge >= 0.3 is 5.97 Å². The highest BCUT2D eigenvalue weighted by Crippen LogP contribution is 2.39. The van der Waals surface area contributed by atoms with E-state index in [1.54, 1.807) is 0 Å². The second-order valence-electron chi connectivity index (χ2n) is 6.95. The van der Waals surface area contributed by atoms with Gasteiger partial charge in [-0.3, -0.25) is 9.59 Å². The fraction of sp³-hybridized carbons (Fsp3) is 0.500. The molecular formula is C18H22N2O5S2. The Morgan fingerprint density at radius 2 is 1.93 bits per heavy atom. The monoisotopic (exact) mass is 410 g/mol. The third kappa shape index (κ3) is 5.10. The van der Waals surface area contributed by atoms with Crippen LogP contribution in [-0.4, -0.2) is 58.3 Å². The average Bonchev–Trinajstić information content (AvgIpc) is 3.02. The summed E-state index contributed by atoms with van der Waals surface area (Å²) in [5, 5.41) is 9.10. The lowest BCUT2D eigenvalue weighted by atomic mass is 10.1. The standard InChI is InChI=1S/C18H22N2O5S2/c1-12-5-7-13(8-6-12)9-20-14-10-27(24,25)11-15(14)26-18(20)19-16(21)3-2-4-17(22)23/h5-8,14-15H,2-4,9-11H2,1H3,(H,22,23)/t14-,15+/m0/s1. The highest BCUT2D eigenvalue weighted by Gasteiger charge is 2.48. The van der Waals surface area contributed by atoms with E-state index in [2.05, 4.69) is 4.99 Å². The molecule has 0 bridgehead atoms. The maximum Gasteiger partial charge on any atom is 0.303 e. The summed E-state index contributed by atoms with van der Waals surface area (Å²) in [6.07, 6.45) is 0.248. The second-order valence-corrected chi connectivity index (χ2v) is 10.3. The first-order valence-corrected chi connectivity index (χ1v) is 11.5. The minimum atomic E-state index is -3.08. The first-order valence-electron chi connectivity index (χ1n) is 8.76. The quantitative estimate of drug-likeness (QED) is 0.763. The average molecular weight is 411 g/mol. The van der Waals surface area contributed by atoms with Crippen LogP contribution in [0.15, 0.2) is 29.3 Å². The lowest BCUT2D eigenvalue weighted by molar-refractivity contribution is -0.137. The molecule has 0 spiro atoms. The highest BCUT2D eigenvalue weighted by molar-refractivity contribution is 8.15. The molecule has 2 fully saturated rings. The number of rotatable bonds is 6. The van der Waals surface area contributed by atoms with E-state index in [1.165, 1.54) is 11.8 Å². The first-order chi connectivity index (χ1) is 12.7. The van der Waals surface area contributed by atoms with Crippen LogP contribution in [0.2, 0.25) is 0 Å². The number of carbonyl (C=O) groups excluding carboxylic acids is 1. The molecule has 1 N–H and O–H groups in total. The number of fused-ring (bicyclic) bond motifs is 1. The number of nitrogens with zero attached hydrogens (tertiary/aromatic N) is 2. The lowest BCUT2D eigenvalue weighted by Gasteiger charge is -2.24. The Kier molecular flexibility index (Phi) is 5.90. The zero-order valence-corrected chi connectivity index (χ0v) is 16.6. The van der Waals surface area contributed by atoms with Gasteiger partial charge in [0.1, 0.15) is 0 Å². The number of carbonyl (C=O) groups is 2. The Hall–Kier alpha value is -1.87. The minimum Gasteiger partial charge on any atom is -0.481 e. The number of hydrogen-bond donors (Lipinski definition) is 1. The molecule has 3 rings (SSSR count). The summed E-state index contributed by atoms with van der Waals surface area (Å²) >= 11 is 1.34. The lowest BCUT2D eigenvalue weighted by Crippen LogP contribution is -2.37. The Balaban J connectivity index is 1.77. The van der Waals surface area contributed by atoms with Gasteiger partial charge in [-0.1, -0.05) is 41.6 Å². The Labute approximate surface area is 162 Å². The number of carboxylic acids is 1. The smallest absolute Gasteiger partial charge is 0.303 e. The summed E-state index contributed by atoms with van der Waals surface area (Å²) in [5.41, 5.74) is 2.16. The van der Waals surface area contributed by atoms with Crippen LogP contribution in [0.4, 0.5) is 0 Å². The van der Waals surface area contributed by atoms with Gasteiger partial charge in [-0.05, 0) is 18.9 Å². The minimum absolute atomic E-state index is 0.0691. The SMILES string of the molecule is Cc1ccc(CN2C(=NC(=O)CCCC(=O)O)S[C@@H]3CS(=O)(=O)C[C@@H]32)cc1. The normalized spacial score (nSPS) is 24.9. The van der Waals surface area contributed by atoms with E-state index >= 15 is 0 Å². The van der Waals surface area contributed by atoms with Crippen LogP contribution in [0.3, 0.4) is 0 Å². The number of amides is 1. The molecule has 2 saturated heterocycles. The van der Waals surface area contributed by atoms with E-state index in [0.29, 0.717) is 11.7 Å². The van der Waals surface area contributed by atoms with E-state index in [4.69, 9.17) is 5.11 Å². The van der Waals surface area contributed by atoms with Crippen molar-refractivity contribution in [1.82, 2.24) is 4.90 Å². The van der Waals surface area contributed by atoms with Gasteiger partial charge in [-0.2, -0.15) is 4.99 Å². The van der Waals surface area contributed by atoms with Gasteiger partial charge in [0.25, 0.3) is 0 Å². The first kappa shape index (κ1) is 19.9. The van der Waals surface area contributed by atoms with E-state index in [0.717, 1.165) is 11.1 Å². The number of thioether (sulfide) groups is 1. The molecule has 9 heteroatoms. The van der Waals surface area contributed by atoms with E-state index in [-0.39, 0.29) is 48.0 Å². The molecular weight excluding hydrogens is 388 g/mol. The molecule has 0 radical (unpaired) electrons. The number of hydrogen-bond acceptors (Lipinski definition) is 5. The van der Waals surface area contributed by atoms with Crippen LogP contribution >= 0.6 is 11.8 Å². The van der Waals surface area contributed by atoms with Crippen molar-refractivity contribution >= 4 is 38.6 Å². The van der Waals surface area contributed by atoms with Crippen LogP contribution in [-0.2, 0) is 26.0 Å².